The van der Waals surface area contributed by atoms with E-state index in [4.69, 9.17) is 30.5 Å². The minimum Gasteiger partial charge on any atom is -0.486 e. The van der Waals surface area contributed by atoms with Gasteiger partial charge in [0.15, 0.2) is 4.80 Å². The fraction of sp³-hybridized carbons (Fsp3) is 0.222. The van der Waals surface area contributed by atoms with Crippen molar-refractivity contribution in [2.75, 3.05) is 0 Å². The standard InChI is InChI=1S/C27H20ClFN2O5S/c1-14(32)23-24-18-5-3-4-6-21(18)36-27(23,2)30-26-31(24)25(33)22(37-26)12-16-7-8-17(35-16)13-34-15-9-10-20(29)19(28)11-15/h3-12,23-24H,13H2,1-2H3. The first kappa shape index (κ1) is 23.7. The minimum atomic E-state index is -1.11. The van der Waals surface area contributed by atoms with Gasteiger partial charge in [-0.3, -0.25) is 14.2 Å². The molecule has 7 nitrogen and oxygen atoms in total. The zero-order chi connectivity index (χ0) is 25.9. The zero-order valence-electron chi connectivity index (χ0n) is 19.7. The van der Waals surface area contributed by atoms with E-state index in [9.17, 15) is 14.0 Å². The summed E-state index contributed by atoms with van der Waals surface area (Å²) < 4.78 is 33.0. The first-order valence-corrected chi connectivity index (χ1v) is 12.7. The van der Waals surface area contributed by atoms with Gasteiger partial charge in [0.2, 0.25) is 5.72 Å². The number of thiazole rings is 1. The average Bonchev–Trinajstić information content (AvgIpc) is 3.42. The molecule has 3 atom stereocenters. The Morgan fingerprint density at radius 3 is 2.86 bits per heavy atom. The van der Waals surface area contributed by atoms with Crippen LogP contribution in [0.25, 0.3) is 6.08 Å². The lowest BCUT2D eigenvalue weighted by atomic mass is 9.79. The molecule has 0 radical (unpaired) electrons. The summed E-state index contributed by atoms with van der Waals surface area (Å²) in [5, 5.41) is -0.0306. The van der Waals surface area contributed by atoms with E-state index < -0.39 is 23.5 Å². The summed E-state index contributed by atoms with van der Waals surface area (Å²) in [7, 11) is 0. The quantitative estimate of drug-likeness (QED) is 0.379. The molecule has 2 bridgehead atoms. The van der Waals surface area contributed by atoms with Crippen LogP contribution in [0, 0.1) is 11.7 Å². The van der Waals surface area contributed by atoms with Crippen molar-refractivity contribution in [3.63, 3.8) is 0 Å². The molecular formula is C27H20ClFN2O5S. The third-order valence-electron chi connectivity index (χ3n) is 6.55. The Labute approximate surface area is 219 Å². The van der Waals surface area contributed by atoms with E-state index in [0.29, 0.717) is 32.4 Å². The van der Waals surface area contributed by atoms with Crippen molar-refractivity contribution in [2.45, 2.75) is 32.2 Å². The predicted octanol–water partition coefficient (Wildman–Crippen LogP) is 4.24. The third-order valence-corrected chi connectivity index (χ3v) is 7.82. The summed E-state index contributed by atoms with van der Waals surface area (Å²) in [6.45, 7) is 3.39. The number of nitrogens with zero attached hydrogens (tertiary/aromatic N) is 2. The summed E-state index contributed by atoms with van der Waals surface area (Å²) in [6, 6.07) is 14.5. The van der Waals surface area contributed by atoms with Crippen LogP contribution in [0.15, 0.2) is 68.8 Å². The summed E-state index contributed by atoms with van der Waals surface area (Å²) in [5.41, 5.74) is -0.590. The van der Waals surface area contributed by atoms with Crippen LogP contribution < -0.4 is 24.4 Å². The number of hydrogen-bond acceptors (Lipinski definition) is 7. The number of benzene rings is 2. The van der Waals surface area contributed by atoms with E-state index in [2.05, 4.69) is 0 Å². The number of aromatic nitrogens is 1. The van der Waals surface area contributed by atoms with Crippen molar-refractivity contribution in [3.05, 3.63) is 102 Å². The fourth-order valence-electron chi connectivity index (χ4n) is 4.96. The molecule has 4 aromatic rings. The number of para-hydroxylation sites is 1. The minimum absolute atomic E-state index is 0.0306. The second-order valence-corrected chi connectivity index (χ2v) is 10.5. The van der Waals surface area contributed by atoms with Crippen LogP contribution in [-0.2, 0) is 11.4 Å². The largest absolute Gasteiger partial charge is 0.486 e. The lowest BCUT2D eigenvalue weighted by Crippen LogP contribution is -2.58. The molecule has 0 saturated carbocycles. The summed E-state index contributed by atoms with van der Waals surface area (Å²) in [4.78, 5) is 31.6. The van der Waals surface area contributed by atoms with Crippen LogP contribution in [0.4, 0.5) is 4.39 Å². The van der Waals surface area contributed by atoms with E-state index in [-0.39, 0.29) is 23.0 Å². The van der Waals surface area contributed by atoms with Crippen molar-refractivity contribution in [1.29, 1.82) is 0 Å². The molecule has 0 saturated heterocycles. The molecule has 0 amide bonds. The molecule has 2 aromatic carbocycles. The van der Waals surface area contributed by atoms with Gasteiger partial charge in [0.25, 0.3) is 5.56 Å². The number of ketones is 1. The Kier molecular flexibility index (Phi) is 5.58. The maximum absolute atomic E-state index is 13.6. The highest BCUT2D eigenvalue weighted by atomic mass is 35.5. The predicted molar refractivity (Wildman–Crippen MR) is 135 cm³/mol. The van der Waals surface area contributed by atoms with Crippen molar-refractivity contribution in [1.82, 2.24) is 4.57 Å². The van der Waals surface area contributed by atoms with Crippen LogP contribution in [0.2, 0.25) is 5.02 Å². The van der Waals surface area contributed by atoms with E-state index in [1.165, 1.54) is 36.5 Å². The molecular weight excluding hydrogens is 519 g/mol. The smallest absolute Gasteiger partial charge is 0.271 e. The van der Waals surface area contributed by atoms with E-state index >= 15 is 0 Å². The van der Waals surface area contributed by atoms with Crippen LogP contribution in [-0.4, -0.2) is 16.1 Å². The Balaban J connectivity index is 1.36. The molecule has 0 N–H and O–H groups in total. The molecule has 2 aliphatic heterocycles. The number of rotatable bonds is 5. The molecule has 10 heteroatoms. The maximum atomic E-state index is 13.6. The first-order chi connectivity index (χ1) is 17.7. The summed E-state index contributed by atoms with van der Waals surface area (Å²) in [6.07, 6.45) is 1.65. The number of carbonyl (C=O) groups is 1. The third kappa shape index (κ3) is 3.98. The second-order valence-electron chi connectivity index (χ2n) is 9.08. The highest BCUT2D eigenvalue weighted by molar-refractivity contribution is 7.07. The normalized spacial score (nSPS) is 22.0. The van der Waals surface area contributed by atoms with E-state index in [1.807, 2.05) is 24.3 Å². The van der Waals surface area contributed by atoms with Gasteiger partial charge in [0.05, 0.1) is 15.6 Å². The number of hydrogen-bond donors (Lipinski definition) is 0. The number of fused-ring (bicyclic) bond motifs is 6. The lowest BCUT2D eigenvalue weighted by molar-refractivity contribution is -0.132. The lowest BCUT2D eigenvalue weighted by Gasteiger charge is -2.45. The molecule has 2 aliphatic rings. The topological polar surface area (TPSA) is 83.0 Å². The average molecular weight is 539 g/mol. The molecule has 3 unspecified atom stereocenters. The Morgan fingerprint density at radius 2 is 2.08 bits per heavy atom. The van der Waals surface area contributed by atoms with Crippen molar-refractivity contribution < 1.29 is 23.1 Å². The van der Waals surface area contributed by atoms with Crippen LogP contribution in [0.1, 0.15) is 37.0 Å². The summed E-state index contributed by atoms with van der Waals surface area (Å²) in [5.74, 6) is 0.731. The number of ether oxygens (including phenoxy) is 2. The summed E-state index contributed by atoms with van der Waals surface area (Å²) >= 11 is 7.01. The second kappa shape index (κ2) is 8.71. The van der Waals surface area contributed by atoms with Gasteiger partial charge in [-0.1, -0.05) is 41.1 Å². The Hall–Kier alpha value is -3.69. The van der Waals surface area contributed by atoms with E-state index in [0.717, 1.165) is 5.56 Å². The molecule has 2 aromatic heterocycles. The van der Waals surface area contributed by atoms with Gasteiger partial charge in [0.1, 0.15) is 47.1 Å². The molecule has 188 valence electrons. The molecule has 0 fully saturated rings. The monoisotopic (exact) mass is 538 g/mol. The van der Waals surface area contributed by atoms with Gasteiger partial charge in [-0.15, -0.1) is 0 Å². The molecule has 6 rings (SSSR count). The van der Waals surface area contributed by atoms with Crippen molar-refractivity contribution >= 4 is 34.8 Å². The molecule has 0 spiro atoms. The van der Waals surface area contributed by atoms with Crippen LogP contribution in [0.5, 0.6) is 11.5 Å². The van der Waals surface area contributed by atoms with Gasteiger partial charge in [0, 0.05) is 17.7 Å². The van der Waals surface area contributed by atoms with Crippen LogP contribution in [0.3, 0.4) is 0 Å². The SMILES string of the molecule is CC(=O)C1C2c3ccccc3OC1(C)N=c1sc(=Cc3ccc(COc4ccc(F)c(Cl)c4)o3)c(=O)n12. The molecule has 37 heavy (non-hydrogen) atoms. The molecule has 4 heterocycles. The maximum Gasteiger partial charge on any atom is 0.271 e. The number of furan rings is 1. The Bertz CT molecular complexity index is 1740. The van der Waals surface area contributed by atoms with Gasteiger partial charge >= 0.3 is 0 Å². The van der Waals surface area contributed by atoms with E-state index in [1.54, 1.807) is 29.7 Å². The van der Waals surface area contributed by atoms with Crippen molar-refractivity contribution in [3.8, 4) is 11.5 Å². The first-order valence-electron chi connectivity index (χ1n) is 11.5. The zero-order valence-corrected chi connectivity index (χ0v) is 21.3. The van der Waals surface area contributed by atoms with Gasteiger partial charge in [-0.2, -0.15) is 0 Å². The van der Waals surface area contributed by atoms with Gasteiger partial charge in [-0.05, 0) is 44.2 Å². The van der Waals surface area contributed by atoms with Gasteiger partial charge in [-0.25, -0.2) is 9.38 Å². The van der Waals surface area contributed by atoms with Crippen LogP contribution >= 0.6 is 22.9 Å². The fourth-order valence-corrected chi connectivity index (χ4v) is 6.21. The number of Topliss-reactive ketones (excluding diaryl/α,β-unsaturated/α-hetero) is 1. The number of halogens is 2. The highest BCUT2D eigenvalue weighted by Gasteiger charge is 2.53. The van der Waals surface area contributed by atoms with Gasteiger partial charge < -0.3 is 13.9 Å². The number of carbonyl (C=O) groups excluding carboxylic acids is 1. The highest BCUT2D eigenvalue weighted by Crippen LogP contribution is 2.47. The Morgan fingerprint density at radius 1 is 1.27 bits per heavy atom. The van der Waals surface area contributed by atoms with Crippen molar-refractivity contribution in [2.24, 2.45) is 10.9 Å². The molecule has 0 aliphatic carbocycles.